The van der Waals surface area contributed by atoms with Gasteiger partial charge in [0.25, 0.3) is 0 Å². The van der Waals surface area contributed by atoms with Gasteiger partial charge in [-0.3, -0.25) is 9.48 Å². The van der Waals surface area contributed by atoms with Gasteiger partial charge in [-0.15, -0.1) is 0 Å². The minimum absolute atomic E-state index is 0.0775. The molecule has 1 saturated heterocycles. The van der Waals surface area contributed by atoms with Crippen molar-refractivity contribution >= 4 is 5.91 Å². The van der Waals surface area contributed by atoms with Crippen LogP contribution in [0, 0.1) is 11.8 Å². The monoisotopic (exact) mass is 290 g/mol. The summed E-state index contributed by atoms with van der Waals surface area (Å²) in [4.78, 5) is 14.1. The molecule has 1 aromatic rings. The molecule has 2 aliphatic heterocycles. The van der Waals surface area contributed by atoms with Crippen LogP contribution in [-0.2, 0) is 24.3 Å². The number of rotatable bonds is 3. The van der Waals surface area contributed by atoms with Gasteiger partial charge in [-0.1, -0.05) is 13.8 Å². The van der Waals surface area contributed by atoms with Gasteiger partial charge in [0.05, 0.1) is 24.5 Å². The Morgan fingerprint density at radius 1 is 1.38 bits per heavy atom. The Morgan fingerprint density at radius 3 is 2.86 bits per heavy atom. The van der Waals surface area contributed by atoms with Crippen LogP contribution in [0.1, 0.15) is 38.1 Å². The molecule has 1 N–H and O–H groups in total. The van der Waals surface area contributed by atoms with E-state index in [0.717, 1.165) is 45.1 Å². The number of amides is 1. The molecule has 0 aliphatic carbocycles. The molecule has 1 fully saturated rings. The average Bonchev–Trinajstić information content (AvgIpc) is 2.88. The number of nitrogens with zero attached hydrogens (tertiary/aromatic N) is 3. The Hall–Kier alpha value is -1.36. The molecule has 3 rings (SSSR count). The van der Waals surface area contributed by atoms with E-state index in [1.807, 2.05) is 18.7 Å². The molecule has 0 spiro atoms. The molecular weight excluding hydrogens is 264 g/mol. The number of aromatic nitrogens is 2. The standard InChI is InChI=1S/C16H26N4O/c1-12(2)16(21)19-7-8-20-15(11-19)10-14(18-20)9-13-3-5-17-6-4-13/h10,12-13,17H,3-9,11H2,1-2H3. The van der Waals surface area contributed by atoms with Crippen LogP contribution in [0.25, 0.3) is 0 Å². The first-order valence-electron chi connectivity index (χ1n) is 8.18. The third-order valence-electron chi connectivity index (χ3n) is 4.61. The molecule has 0 bridgehead atoms. The topological polar surface area (TPSA) is 50.2 Å². The molecule has 0 atom stereocenters. The molecule has 3 heterocycles. The predicted molar refractivity (Wildman–Crippen MR) is 81.8 cm³/mol. The Morgan fingerprint density at radius 2 is 2.14 bits per heavy atom. The normalized spacial score (nSPS) is 19.9. The lowest BCUT2D eigenvalue weighted by Gasteiger charge is -2.29. The summed E-state index contributed by atoms with van der Waals surface area (Å²) in [5.74, 6) is 1.09. The summed E-state index contributed by atoms with van der Waals surface area (Å²) in [6.07, 6.45) is 3.58. The number of carbonyl (C=O) groups excluding carboxylic acids is 1. The number of nitrogens with one attached hydrogen (secondary N) is 1. The summed E-state index contributed by atoms with van der Waals surface area (Å²) >= 11 is 0. The Labute approximate surface area is 126 Å². The van der Waals surface area contributed by atoms with Gasteiger partial charge < -0.3 is 10.2 Å². The molecule has 2 aliphatic rings. The van der Waals surface area contributed by atoms with Crippen LogP contribution in [0.4, 0.5) is 0 Å². The largest absolute Gasteiger partial charge is 0.335 e. The van der Waals surface area contributed by atoms with Gasteiger partial charge in [0, 0.05) is 12.5 Å². The fraction of sp³-hybridized carbons (Fsp3) is 0.750. The molecule has 0 saturated carbocycles. The van der Waals surface area contributed by atoms with E-state index in [1.54, 1.807) is 0 Å². The zero-order chi connectivity index (χ0) is 14.8. The molecule has 0 unspecified atom stereocenters. The number of hydrogen-bond donors (Lipinski definition) is 1. The molecular formula is C16H26N4O. The minimum atomic E-state index is 0.0775. The summed E-state index contributed by atoms with van der Waals surface area (Å²) in [6.45, 7) is 8.55. The van der Waals surface area contributed by atoms with Crippen molar-refractivity contribution in [2.24, 2.45) is 11.8 Å². The molecule has 0 aromatic carbocycles. The van der Waals surface area contributed by atoms with Crippen molar-refractivity contribution in [1.82, 2.24) is 20.0 Å². The van der Waals surface area contributed by atoms with Crippen molar-refractivity contribution in [3.63, 3.8) is 0 Å². The summed E-state index contributed by atoms with van der Waals surface area (Å²) in [5, 5.41) is 8.15. The lowest BCUT2D eigenvalue weighted by atomic mass is 9.93. The van der Waals surface area contributed by atoms with E-state index in [1.165, 1.54) is 24.2 Å². The molecule has 5 nitrogen and oxygen atoms in total. The van der Waals surface area contributed by atoms with Crippen molar-refractivity contribution in [1.29, 1.82) is 0 Å². The zero-order valence-corrected chi connectivity index (χ0v) is 13.1. The van der Waals surface area contributed by atoms with Crippen LogP contribution in [0.2, 0.25) is 0 Å². The van der Waals surface area contributed by atoms with Crippen molar-refractivity contribution < 1.29 is 4.79 Å². The van der Waals surface area contributed by atoms with Gasteiger partial charge in [0.1, 0.15) is 0 Å². The van der Waals surface area contributed by atoms with Crippen LogP contribution in [-0.4, -0.2) is 40.2 Å². The van der Waals surface area contributed by atoms with E-state index < -0.39 is 0 Å². The Balaban J connectivity index is 1.65. The highest BCUT2D eigenvalue weighted by Gasteiger charge is 2.24. The van der Waals surface area contributed by atoms with Crippen LogP contribution in [0.15, 0.2) is 6.07 Å². The van der Waals surface area contributed by atoms with Crippen molar-refractivity contribution in [2.45, 2.75) is 46.2 Å². The minimum Gasteiger partial charge on any atom is -0.335 e. The van der Waals surface area contributed by atoms with Crippen molar-refractivity contribution in [3.05, 3.63) is 17.5 Å². The maximum atomic E-state index is 12.1. The lowest BCUT2D eigenvalue weighted by molar-refractivity contribution is -0.136. The first-order valence-corrected chi connectivity index (χ1v) is 8.18. The van der Waals surface area contributed by atoms with Crippen molar-refractivity contribution in [3.8, 4) is 0 Å². The second-order valence-corrected chi connectivity index (χ2v) is 6.66. The molecule has 1 amide bonds. The first kappa shape index (κ1) is 14.6. The fourth-order valence-electron chi connectivity index (χ4n) is 3.36. The highest BCUT2D eigenvalue weighted by atomic mass is 16.2. The number of carbonyl (C=O) groups is 1. The SMILES string of the molecule is CC(C)C(=O)N1CCn2nc(CC3CCNCC3)cc2C1. The van der Waals surface area contributed by atoms with Crippen LogP contribution in [0.5, 0.6) is 0 Å². The maximum absolute atomic E-state index is 12.1. The van der Waals surface area contributed by atoms with Crippen LogP contribution in [0.3, 0.4) is 0 Å². The van der Waals surface area contributed by atoms with E-state index in [0.29, 0.717) is 0 Å². The van der Waals surface area contributed by atoms with E-state index in [9.17, 15) is 4.79 Å². The number of piperidine rings is 1. The number of hydrogen-bond acceptors (Lipinski definition) is 3. The molecule has 5 heteroatoms. The van der Waals surface area contributed by atoms with Gasteiger partial charge in [-0.2, -0.15) is 5.10 Å². The molecule has 0 radical (unpaired) electrons. The summed E-state index contributed by atoms with van der Waals surface area (Å²) < 4.78 is 2.10. The van der Waals surface area contributed by atoms with Crippen LogP contribution < -0.4 is 5.32 Å². The second-order valence-electron chi connectivity index (χ2n) is 6.66. The predicted octanol–water partition coefficient (Wildman–Crippen LogP) is 1.42. The zero-order valence-electron chi connectivity index (χ0n) is 13.1. The van der Waals surface area contributed by atoms with Crippen molar-refractivity contribution in [2.75, 3.05) is 19.6 Å². The summed E-state index contributed by atoms with van der Waals surface area (Å²) in [7, 11) is 0. The Bertz CT molecular complexity index is 502. The van der Waals surface area contributed by atoms with Gasteiger partial charge in [0.15, 0.2) is 0 Å². The quantitative estimate of drug-likeness (QED) is 0.916. The van der Waals surface area contributed by atoms with Crippen LogP contribution >= 0.6 is 0 Å². The Kier molecular flexibility index (Phi) is 4.29. The second kappa shape index (κ2) is 6.18. The molecule has 1 aromatic heterocycles. The lowest BCUT2D eigenvalue weighted by Crippen LogP contribution is -2.40. The number of fused-ring (bicyclic) bond motifs is 1. The van der Waals surface area contributed by atoms with Gasteiger partial charge in [-0.05, 0) is 44.3 Å². The highest BCUT2D eigenvalue weighted by Crippen LogP contribution is 2.21. The molecule has 116 valence electrons. The fourth-order valence-corrected chi connectivity index (χ4v) is 3.36. The van der Waals surface area contributed by atoms with Gasteiger partial charge in [-0.25, -0.2) is 0 Å². The summed E-state index contributed by atoms with van der Waals surface area (Å²) in [6, 6.07) is 2.21. The third-order valence-corrected chi connectivity index (χ3v) is 4.61. The summed E-state index contributed by atoms with van der Waals surface area (Å²) in [5.41, 5.74) is 2.40. The van der Waals surface area contributed by atoms with Gasteiger partial charge in [0.2, 0.25) is 5.91 Å². The van der Waals surface area contributed by atoms with E-state index in [-0.39, 0.29) is 11.8 Å². The van der Waals surface area contributed by atoms with E-state index in [4.69, 9.17) is 5.10 Å². The van der Waals surface area contributed by atoms with Gasteiger partial charge >= 0.3 is 0 Å². The average molecular weight is 290 g/mol. The highest BCUT2D eigenvalue weighted by molar-refractivity contribution is 5.78. The smallest absolute Gasteiger partial charge is 0.225 e. The first-order chi connectivity index (χ1) is 10.1. The maximum Gasteiger partial charge on any atom is 0.225 e. The molecule has 21 heavy (non-hydrogen) atoms. The van der Waals surface area contributed by atoms with E-state index in [2.05, 4.69) is 16.1 Å². The third kappa shape index (κ3) is 3.28. The van der Waals surface area contributed by atoms with E-state index >= 15 is 0 Å².